The third-order valence-electron chi connectivity index (χ3n) is 4.51. The van der Waals surface area contributed by atoms with E-state index < -0.39 is 9.84 Å². The van der Waals surface area contributed by atoms with E-state index in [9.17, 15) is 8.42 Å². The molecule has 148 valence electrons. The maximum atomic E-state index is 12.2. The van der Waals surface area contributed by atoms with Crippen molar-refractivity contribution in [1.82, 2.24) is 19.4 Å². The van der Waals surface area contributed by atoms with Gasteiger partial charge in [0.2, 0.25) is 15.0 Å². The number of nitrogens with zero attached hydrogens (tertiary/aromatic N) is 4. The van der Waals surface area contributed by atoms with Crippen molar-refractivity contribution >= 4 is 9.84 Å². The Labute approximate surface area is 166 Å². The number of pyridine rings is 1. The molecule has 0 spiro atoms. The van der Waals surface area contributed by atoms with Crippen molar-refractivity contribution in [3.05, 3.63) is 77.9 Å². The second-order valence-electron chi connectivity index (χ2n) is 7.04. The number of sulfone groups is 1. The van der Waals surface area contributed by atoms with Gasteiger partial charge in [0.25, 0.3) is 0 Å². The molecule has 1 aromatic carbocycles. The summed E-state index contributed by atoms with van der Waals surface area (Å²) in [5.74, 6) is 0. The van der Waals surface area contributed by atoms with Crippen LogP contribution in [-0.4, -0.2) is 41.2 Å². The number of hydrogen-bond acceptors (Lipinski definition) is 5. The Morgan fingerprint density at radius 1 is 1.00 bits per heavy atom. The van der Waals surface area contributed by atoms with Crippen LogP contribution >= 0.6 is 0 Å². The molecule has 2 heterocycles. The molecule has 0 aliphatic rings. The summed E-state index contributed by atoms with van der Waals surface area (Å²) in [5.41, 5.74) is 3.12. The highest BCUT2D eigenvalue weighted by molar-refractivity contribution is 7.90. The minimum absolute atomic E-state index is 0.141. The molecule has 0 amide bonds. The number of rotatable bonds is 9. The predicted octanol–water partition coefficient (Wildman–Crippen LogP) is 2.95. The third kappa shape index (κ3) is 5.50. The van der Waals surface area contributed by atoms with Gasteiger partial charge in [0.1, 0.15) is 0 Å². The molecule has 0 radical (unpaired) electrons. The van der Waals surface area contributed by atoms with E-state index in [0.717, 1.165) is 24.2 Å². The topological polar surface area (TPSA) is 68.1 Å². The summed E-state index contributed by atoms with van der Waals surface area (Å²) in [6.45, 7) is 1.90. The maximum absolute atomic E-state index is 12.2. The zero-order valence-corrected chi connectivity index (χ0v) is 17.1. The second kappa shape index (κ2) is 9.12. The molecule has 2 aromatic heterocycles. The molecule has 3 aromatic rings. The first kappa shape index (κ1) is 20.2. The number of aromatic nitrogens is 3. The van der Waals surface area contributed by atoms with Crippen LogP contribution in [0.5, 0.6) is 0 Å². The van der Waals surface area contributed by atoms with Crippen LogP contribution in [0.1, 0.15) is 23.4 Å². The van der Waals surface area contributed by atoms with Crippen molar-refractivity contribution in [2.75, 3.05) is 13.3 Å². The van der Waals surface area contributed by atoms with Gasteiger partial charge in [-0.15, -0.1) is 0 Å². The first-order valence-electron chi connectivity index (χ1n) is 9.30. The Hall–Kier alpha value is -2.51. The van der Waals surface area contributed by atoms with E-state index in [1.54, 1.807) is 12.4 Å². The van der Waals surface area contributed by atoms with Crippen LogP contribution in [0.25, 0.3) is 0 Å². The average molecular weight is 399 g/mol. The lowest BCUT2D eigenvalue weighted by molar-refractivity contribution is 0.303. The van der Waals surface area contributed by atoms with Gasteiger partial charge in [0.15, 0.2) is 0 Å². The molecule has 0 unspecified atom stereocenters. The SMILES string of the molecule is CN(Cc1ccccn1)Cc1cnc(S(C)(=O)=O)n1CCCc1ccccc1. The molecule has 28 heavy (non-hydrogen) atoms. The minimum atomic E-state index is -3.38. The van der Waals surface area contributed by atoms with Crippen molar-refractivity contribution in [3.63, 3.8) is 0 Å². The Balaban J connectivity index is 1.72. The quantitative estimate of drug-likeness (QED) is 0.554. The fourth-order valence-electron chi connectivity index (χ4n) is 3.24. The van der Waals surface area contributed by atoms with Crippen LogP contribution in [0.2, 0.25) is 0 Å². The van der Waals surface area contributed by atoms with Crippen molar-refractivity contribution < 1.29 is 8.42 Å². The van der Waals surface area contributed by atoms with Gasteiger partial charge in [-0.2, -0.15) is 0 Å². The van der Waals surface area contributed by atoms with Crippen LogP contribution < -0.4 is 0 Å². The largest absolute Gasteiger partial charge is 0.318 e. The zero-order valence-electron chi connectivity index (χ0n) is 16.3. The molecule has 0 fully saturated rings. The lowest BCUT2D eigenvalue weighted by atomic mass is 10.1. The second-order valence-corrected chi connectivity index (χ2v) is 8.95. The van der Waals surface area contributed by atoms with E-state index in [2.05, 4.69) is 27.0 Å². The molecule has 0 aliphatic carbocycles. The summed E-state index contributed by atoms with van der Waals surface area (Å²) < 4.78 is 26.2. The normalized spacial score (nSPS) is 11.8. The van der Waals surface area contributed by atoms with Gasteiger partial charge in [-0.3, -0.25) is 9.88 Å². The first-order chi connectivity index (χ1) is 13.4. The Bertz CT molecular complexity index is 986. The molecule has 7 heteroatoms. The summed E-state index contributed by atoms with van der Waals surface area (Å²) in [4.78, 5) is 10.7. The van der Waals surface area contributed by atoms with E-state index in [1.165, 1.54) is 11.8 Å². The van der Waals surface area contributed by atoms with E-state index in [0.29, 0.717) is 19.6 Å². The molecule has 0 N–H and O–H groups in total. The molecule has 0 atom stereocenters. The van der Waals surface area contributed by atoms with Gasteiger partial charge < -0.3 is 4.57 Å². The van der Waals surface area contributed by atoms with Crippen LogP contribution in [0.3, 0.4) is 0 Å². The highest BCUT2D eigenvalue weighted by Crippen LogP contribution is 2.16. The van der Waals surface area contributed by atoms with Crippen LogP contribution in [0.4, 0.5) is 0 Å². The number of hydrogen-bond donors (Lipinski definition) is 0. The Morgan fingerprint density at radius 3 is 2.43 bits per heavy atom. The highest BCUT2D eigenvalue weighted by Gasteiger charge is 2.19. The van der Waals surface area contributed by atoms with E-state index in [4.69, 9.17) is 0 Å². The summed E-state index contributed by atoms with van der Waals surface area (Å²) >= 11 is 0. The van der Waals surface area contributed by atoms with E-state index >= 15 is 0 Å². The lowest BCUT2D eigenvalue weighted by Gasteiger charge is -2.18. The Kier molecular flexibility index (Phi) is 6.59. The minimum Gasteiger partial charge on any atom is -0.318 e. The average Bonchev–Trinajstić information content (AvgIpc) is 3.06. The number of imidazole rings is 1. The summed E-state index contributed by atoms with van der Waals surface area (Å²) in [5, 5.41) is 0.141. The number of aryl methyl sites for hydroxylation is 1. The maximum Gasteiger partial charge on any atom is 0.227 e. The van der Waals surface area contributed by atoms with Crippen molar-refractivity contribution in [3.8, 4) is 0 Å². The predicted molar refractivity (Wildman–Crippen MR) is 110 cm³/mol. The van der Waals surface area contributed by atoms with Gasteiger partial charge in [0, 0.05) is 32.1 Å². The highest BCUT2D eigenvalue weighted by atomic mass is 32.2. The van der Waals surface area contributed by atoms with Gasteiger partial charge in [-0.05, 0) is 37.6 Å². The fourth-order valence-corrected chi connectivity index (χ4v) is 4.09. The van der Waals surface area contributed by atoms with Gasteiger partial charge in [-0.25, -0.2) is 13.4 Å². The molecule has 3 rings (SSSR count). The standard InChI is InChI=1S/C21H26N4O2S/c1-24(16-19-12-6-7-13-22-19)17-20-15-23-21(28(2,26)27)25(20)14-8-11-18-9-4-3-5-10-18/h3-7,9-10,12-13,15H,8,11,14,16-17H2,1-2H3. The van der Waals surface area contributed by atoms with Gasteiger partial charge >= 0.3 is 0 Å². The Morgan fingerprint density at radius 2 is 1.75 bits per heavy atom. The summed E-state index contributed by atoms with van der Waals surface area (Å²) in [6.07, 6.45) is 6.41. The van der Waals surface area contributed by atoms with Crippen molar-refractivity contribution in [2.45, 2.75) is 37.6 Å². The van der Waals surface area contributed by atoms with Gasteiger partial charge in [0.05, 0.1) is 17.6 Å². The summed E-state index contributed by atoms with van der Waals surface area (Å²) in [6, 6.07) is 16.1. The van der Waals surface area contributed by atoms with E-state index in [1.807, 2.05) is 48.0 Å². The molecular weight excluding hydrogens is 372 g/mol. The van der Waals surface area contributed by atoms with Crippen molar-refractivity contribution in [2.24, 2.45) is 0 Å². The molecule has 6 nitrogen and oxygen atoms in total. The fraction of sp³-hybridized carbons (Fsp3) is 0.333. The number of benzene rings is 1. The van der Waals surface area contributed by atoms with E-state index in [-0.39, 0.29) is 5.16 Å². The molecule has 0 saturated heterocycles. The van der Waals surface area contributed by atoms with Crippen LogP contribution in [0.15, 0.2) is 66.1 Å². The molecular formula is C21H26N4O2S. The van der Waals surface area contributed by atoms with Gasteiger partial charge in [-0.1, -0.05) is 36.4 Å². The summed E-state index contributed by atoms with van der Waals surface area (Å²) in [7, 11) is -1.39. The molecule has 0 bridgehead atoms. The lowest BCUT2D eigenvalue weighted by Crippen LogP contribution is -2.21. The smallest absolute Gasteiger partial charge is 0.227 e. The van der Waals surface area contributed by atoms with Crippen LogP contribution in [0, 0.1) is 0 Å². The van der Waals surface area contributed by atoms with Crippen LogP contribution in [-0.2, 0) is 35.9 Å². The molecule has 0 aliphatic heterocycles. The van der Waals surface area contributed by atoms with Crippen molar-refractivity contribution in [1.29, 1.82) is 0 Å². The monoisotopic (exact) mass is 398 g/mol. The first-order valence-corrected chi connectivity index (χ1v) is 11.2. The molecule has 0 saturated carbocycles. The zero-order chi connectivity index (χ0) is 20.0. The third-order valence-corrected chi connectivity index (χ3v) is 5.50.